The molecule has 0 aliphatic carbocycles. The number of ether oxygens (including phenoxy) is 2. The number of nitrogens with zero attached hydrogens (tertiary/aromatic N) is 2. The highest BCUT2D eigenvalue weighted by atomic mass is 16.5. The molecule has 0 aliphatic rings. The van der Waals surface area contributed by atoms with Crippen LogP contribution in [0.4, 0.5) is 0 Å². The first-order valence-electron chi connectivity index (χ1n) is 8.59. The summed E-state index contributed by atoms with van der Waals surface area (Å²) in [5, 5.41) is 18.0. The van der Waals surface area contributed by atoms with Crippen LogP contribution in [0.25, 0.3) is 0 Å². The van der Waals surface area contributed by atoms with E-state index in [1.807, 2.05) is 36.4 Å². The molecule has 0 bridgehead atoms. The van der Waals surface area contributed by atoms with Crippen molar-refractivity contribution in [2.75, 3.05) is 13.2 Å². The van der Waals surface area contributed by atoms with Gasteiger partial charge in [0.1, 0.15) is 23.6 Å². The van der Waals surface area contributed by atoms with Crippen molar-refractivity contribution in [2.45, 2.75) is 32.1 Å². The summed E-state index contributed by atoms with van der Waals surface area (Å²) in [6.07, 6.45) is 5.23. The van der Waals surface area contributed by atoms with E-state index < -0.39 is 0 Å². The fraction of sp³-hybridized carbons (Fsp3) is 0.333. The molecule has 0 radical (unpaired) electrons. The van der Waals surface area contributed by atoms with E-state index in [9.17, 15) is 0 Å². The summed E-state index contributed by atoms with van der Waals surface area (Å²) in [6, 6.07) is 18.9. The third-order valence-electron chi connectivity index (χ3n) is 3.82. The van der Waals surface area contributed by atoms with E-state index in [2.05, 4.69) is 12.1 Å². The van der Waals surface area contributed by atoms with Crippen LogP contribution >= 0.6 is 0 Å². The Kier molecular flexibility index (Phi) is 7.88. The van der Waals surface area contributed by atoms with Gasteiger partial charge in [0.2, 0.25) is 0 Å². The average Bonchev–Trinajstić information content (AvgIpc) is 2.67. The Bertz CT molecular complexity index is 681. The first-order valence-corrected chi connectivity index (χ1v) is 8.59. The molecule has 2 rings (SSSR count). The van der Waals surface area contributed by atoms with Crippen LogP contribution in [0.3, 0.4) is 0 Å². The van der Waals surface area contributed by atoms with Crippen LogP contribution in [0.1, 0.15) is 43.2 Å². The van der Waals surface area contributed by atoms with Gasteiger partial charge in [-0.3, -0.25) is 0 Å². The number of nitriles is 2. The molecule has 2 aromatic carbocycles. The Hall–Kier alpha value is -2.98. The molecule has 0 saturated heterocycles. The summed E-state index contributed by atoms with van der Waals surface area (Å²) in [5.41, 5.74) is 1.16. The van der Waals surface area contributed by atoms with Gasteiger partial charge in [0.15, 0.2) is 0 Å². The van der Waals surface area contributed by atoms with Crippen molar-refractivity contribution >= 4 is 0 Å². The van der Waals surface area contributed by atoms with Gasteiger partial charge in [-0.25, -0.2) is 0 Å². The van der Waals surface area contributed by atoms with Crippen LogP contribution in [0.2, 0.25) is 0 Å². The maximum atomic E-state index is 9.00. The summed E-state index contributed by atoms with van der Waals surface area (Å²) in [6.45, 7) is 1.26. The predicted molar refractivity (Wildman–Crippen MR) is 96.4 cm³/mol. The van der Waals surface area contributed by atoms with E-state index in [1.165, 1.54) is 0 Å². The lowest BCUT2D eigenvalue weighted by Gasteiger charge is -2.08. The molecule has 25 heavy (non-hydrogen) atoms. The molecular formula is C21H22N2O2. The van der Waals surface area contributed by atoms with E-state index >= 15 is 0 Å². The van der Waals surface area contributed by atoms with E-state index in [0.29, 0.717) is 35.8 Å². The fourth-order valence-corrected chi connectivity index (χ4v) is 2.47. The summed E-state index contributed by atoms with van der Waals surface area (Å²) in [5.74, 6) is 1.32. The smallest absolute Gasteiger partial charge is 0.137 e. The molecule has 0 amide bonds. The molecule has 128 valence electrons. The molecule has 0 heterocycles. The molecule has 0 unspecified atom stereocenters. The third-order valence-corrected chi connectivity index (χ3v) is 3.82. The lowest BCUT2D eigenvalue weighted by Crippen LogP contribution is -2.00. The number of hydrogen-bond acceptors (Lipinski definition) is 4. The zero-order valence-corrected chi connectivity index (χ0v) is 14.3. The highest BCUT2D eigenvalue weighted by Crippen LogP contribution is 2.18. The molecule has 0 atom stereocenters. The van der Waals surface area contributed by atoms with Crippen LogP contribution in [0.5, 0.6) is 11.5 Å². The van der Waals surface area contributed by atoms with Gasteiger partial charge in [-0.2, -0.15) is 10.5 Å². The highest BCUT2D eigenvalue weighted by molar-refractivity contribution is 5.43. The topological polar surface area (TPSA) is 66.0 Å². The largest absolute Gasteiger partial charge is 0.492 e. The van der Waals surface area contributed by atoms with E-state index in [4.69, 9.17) is 20.0 Å². The summed E-state index contributed by atoms with van der Waals surface area (Å²) in [4.78, 5) is 0. The predicted octanol–water partition coefficient (Wildman–Crippen LogP) is 4.84. The molecule has 0 aromatic heterocycles. The summed E-state index contributed by atoms with van der Waals surface area (Å²) in [7, 11) is 0. The van der Waals surface area contributed by atoms with Crippen LogP contribution in [-0.4, -0.2) is 13.2 Å². The van der Waals surface area contributed by atoms with Gasteiger partial charge < -0.3 is 9.47 Å². The minimum atomic E-state index is 0.581. The molecule has 2 aromatic rings. The van der Waals surface area contributed by atoms with E-state index in [1.54, 1.807) is 12.1 Å². The Morgan fingerprint density at radius 1 is 0.600 bits per heavy atom. The van der Waals surface area contributed by atoms with Gasteiger partial charge in [-0.1, -0.05) is 43.5 Å². The fourth-order valence-electron chi connectivity index (χ4n) is 2.47. The Balaban J connectivity index is 1.53. The Morgan fingerprint density at radius 2 is 1.00 bits per heavy atom. The lowest BCUT2D eigenvalue weighted by atomic mass is 10.1. The first-order chi connectivity index (χ1) is 12.3. The molecule has 0 spiro atoms. The molecule has 0 N–H and O–H groups in total. The number of rotatable bonds is 10. The zero-order valence-electron chi connectivity index (χ0n) is 14.3. The Labute approximate surface area is 149 Å². The molecule has 4 nitrogen and oxygen atoms in total. The molecular weight excluding hydrogens is 312 g/mol. The molecule has 0 saturated carbocycles. The van der Waals surface area contributed by atoms with Gasteiger partial charge >= 0.3 is 0 Å². The van der Waals surface area contributed by atoms with Gasteiger partial charge in [-0.15, -0.1) is 0 Å². The standard InChI is InChI=1S/C21H22N2O2/c22-16-18-10-4-6-12-20(18)24-14-8-2-1-3-9-15-25-21-13-7-5-11-19(21)17-23/h4-7,10-13H,1-3,8-9,14-15H2. The first kappa shape index (κ1) is 18.4. The van der Waals surface area contributed by atoms with Crippen molar-refractivity contribution in [2.24, 2.45) is 0 Å². The maximum absolute atomic E-state index is 9.00. The van der Waals surface area contributed by atoms with Gasteiger partial charge in [0.25, 0.3) is 0 Å². The molecule has 4 heteroatoms. The number of benzene rings is 2. The maximum Gasteiger partial charge on any atom is 0.137 e. The molecule has 0 fully saturated rings. The quantitative estimate of drug-likeness (QED) is 0.583. The highest BCUT2D eigenvalue weighted by Gasteiger charge is 2.02. The van der Waals surface area contributed by atoms with Gasteiger partial charge in [0, 0.05) is 0 Å². The third kappa shape index (κ3) is 6.20. The zero-order chi connectivity index (χ0) is 17.7. The second-order valence-corrected chi connectivity index (χ2v) is 5.68. The monoisotopic (exact) mass is 334 g/mol. The van der Waals surface area contributed by atoms with Crippen molar-refractivity contribution in [3.63, 3.8) is 0 Å². The normalized spacial score (nSPS) is 9.84. The van der Waals surface area contributed by atoms with Gasteiger partial charge in [-0.05, 0) is 37.1 Å². The van der Waals surface area contributed by atoms with Crippen LogP contribution in [0, 0.1) is 22.7 Å². The van der Waals surface area contributed by atoms with Crippen LogP contribution in [-0.2, 0) is 0 Å². The second kappa shape index (κ2) is 10.7. The average molecular weight is 334 g/mol. The van der Waals surface area contributed by atoms with Gasteiger partial charge in [0.05, 0.1) is 24.3 Å². The minimum absolute atomic E-state index is 0.581. The Morgan fingerprint density at radius 3 is 1.44 bits per heavy atom. The van der Waals surface area contributed by atoms with E-state index in [0.717, 1.165) is 32.1 Å². The second-order valence-electron chi connectivity index (χ2n) is 5.68. The van der Waals surface area contributed by atoms with Crippen LogP contribution < -0.4 is 9.47 Å². The van der Waals surface area contributed by atoms with Crippen molar-refractivity contribution in [3.8, 4) is 23.6 Å². The van der Waals surface area contributed by atoms with Crippen molar-refractivity contribution in [1.82, 2.24) is 0 Å². The number of para-hydroxylation sites is 2. The van der Waals surface area contributed by atoms with Crippen molar-refractivity contribution < 1.29 is 9.47 Å². The minimum Gasteiger partial charge on any atom is -0.492 e. The number of unbranched alkanes of at least 4 members (excludes halogenated alkanes) is 4. The number of hydrogen-bond donors (Lipinski definition) is 0. The van der Waals surface area contributed by atoms with E-state index in [-0.39, 0.29) is 0 Å². The van der Waals surface area contributed by atoms with Crippen LogP contribution in [0.15, 0.2) is 48.5 Å². The SMILES string of the molecule is N#Cc1ccccc1OCCCCCCCOc1ccccc1C#N. The van der Waals surface area contributed by atoms with Crippen molar-refractivity contribution in [1.29, 1.82) is 10.5 Å². The van der Waals surface area contributed by atoms with Crippen molar-refractivity contribution in [3.05, 3.63) is 59.7 Å². The summed E-state index contributed by atoms with van der Waals surface area (Å²) >= 11 is 0. The summed E-state index contributed by atoms with van der Waals surface area (Å²) < 4.78 is 11.3. The lowest BCUT2D eigenvalue weighted by molar-refractivity contribution is 0.292. The molecule has 0 aliphatic heterocycles.